The average Bonchev–Trinajstić information content (AvgIpc) is 2.72. The Labute approximate surface area is 91.6 Å². The summed E-state index contributed by atoms with van der Waals surface area (Å²) >= 11 is 0. The first-order valence-electron chi connectivity index (χ1n) is 5.75. The van der Waals surface area contributed by atoms with Crippen molar-refractivity contribution in [3.8, 4) is 5.75 Å². The van der Waals surface area contributed by atoms with Crippen LogP contribution in [0.15, 0.2) is 18.2 Å². The molecule has 1 unspecified atom stereocenters. The number of fused-ring (bicyclic) bond motifs is 1. The van der Waals surface area contributed by atoms with Crippen LogP contribution in [-0.4, -0.2) is 20.2 Å². The molecule has 0 fully saturated rings. The second-order valence-electron chi connectivity index (χ2n) is 4.13. The molecule has 1 N–H and O–H groups in total. The van der Waals surface area contributed by atoms with Crippen LogP contribution in [0.1, 0.15) is 30.4 Å². The highest BCUT2D eigenvalue weighted by molar-refractivity contribution is 5.41. The van der Waals surface area contributed by atoms with Crippen molar-refractivity contribution in [3.05, 3.63) is 29.3 Å². The fraction of sp³-hybridized carbons (Fsp3) is 0.538. The summed E-state index contributed by atoms with van der Waals surface area (Å²) in [5.41, 5.74) is 2.82. The Morgan fingerprint density at radius 2 is 2.33 bits per heavy atom. The van der Waals surface area contributed by atoms with Gasteiger partial charge in [0.1, 0.15) is 5.75 Å². The standard InChI is InChI=1S/C13H19NO/c1-3-10(9-14-2)11-4-5-13-12(8-11)6-7-15-13/h4-5,8,10,14H,3,6-7,9H2,1-2H3. The number of hydrogen-bond donors (Lipinski definition) is 1. The molecular formula is C13H19NO. The third-order valence-electron chi connectivity index (χ3n) is 3.13. The minimum absolute atomic E-state index is 0.626. The summed E-state index contributed by atoms with van der Waals surface area (Å²) in [4.78, 5) is 0. The van der Waals surface area contributed by atoms with Gasteiger partial charge in [-0.3, -0.25) is 0 Å². The largest absolute Gasteiger partial charge is 0.493 e. The highest BCUT2D eigenvalue weighted by Gasteiger charge is 2.15. The molecule has 0 bridgehead atoms. The Bertz CT molecular complexity index is 335. The van der Waals surface area contributed by atoms with Gasteiger partial charge in [0.25, 0.3) is 0 Å². The van der Waals surface area contributed by atoms with E-state index in [-0.39, 0.29) is 0 Å². The zero-order valence-corrected chi connectivity index (χ0v) is 9.55. The lowest BCUT2D eigenvalue weighted by molar-refractivity contribution is 0.357. The van der Waals surface area contributed by atoms with Crippen molar-refractivity contribution >= 4 is 0 Å². The van der Waals surface area contributed by atoms with Gasteiger partial charge in [-0.25, -0.2) is 0 Å². The van der Waals surface area contributed by atoms with E-state index in [9.17, 15) is 0 Å². The van der Waals surface area contributed by atoms with Crippen LogP contribution in [0.4, 0.5) is 0 Å². The second-order valence-corrected chi connectivity index (χ2v) is 4.13. The Kier molecular flexibility index (Phi) is 3.27. The van der Waals surface area contributed by atoms with Crippen molar-refractivity contribution in [2.75, 3.05) is 20.2 Å². The summed E-state index contributed by atoms with van der Waals surface area (Å²) in [5, 5.41) is 3.25. The molecule has 0 amide bonds. The maximum Gasteiger partial charge on any atom is 0.122 e. The highest BCUT2D eigenvalue weighted by Crippen LogP contribution is 2.29. The molecule has 2 nitrogen and oxygen atoms in total. The lowest BCUT2D eigenvalue weighted by Crippen LogP contribution is -2.16. The van der Waals surface area contributed by atoms with Gasteiger partial charge in [-0.2, -0.15) is 0 Å². The summed E-state index contributed by atoms with van der Waals surface area (Å²) < 4.78 is 5.51. The molecule has 1 aliphatic rings. The van der Waals surface area contributed by atoms with E-state index in [4.69, 9.17) is 4.74 Å². The third kappa shape index (κ3) is 2.15. The lowest BCUT2D eigenvalue weighted by Gasteiger charge is -2.15. The second kappa shape index (κ2) is 4.67. The first-order chi connectivity index (χ1) is 7.35. The summed E-state index contributed by atoms with van der Waals surface area (Å²) in [7, 11) is 2.01. The van der Waals surface area contributed by atoms with E-state index in [0.29, 0.717) is 5.92 Å². The van der Waals surface area contributed by atoms with Gasteiger partial charge in [0.2, 0.25) is 0 Å². The van der Waals surface area contributed by atoms with Crippen LogP contribution in [-0.2, 0) is 6.42 Å². The van der Waals surface area contributed by atoms with Gasteiger partial charge in [-0.05, 0) is 36.6 Å². The fourth-order valence-electron chi connectivity index (χ4n) is 2.20. The molecule has 1 aromatic rings. The van der Waals surface area contributed by atoms with Crippen molar-refractivity contribution in [1.29, 1.82) is 0 Å². The van der Waals surface area contributed by atoms with Gasteiger partial charge in [-0.15, -0.1) is 0 Å². The number of hydrogen-bond acceptors (Lipinski definition) is 2. The molecule has 1 atom stereocenters. The number of ether oxygens (including phenoxy) is 1. The van der Waals surface area contributed by atoms with Crippen molar-refractivity contribution in [1.82, 2.24) is 5.32 Å². The number of nitrogens with one attached hydrogen (secondary N) is 1. The minimum Gasteiger partial charge on any atom is -0.493 e. The van der Waals surface area contributed by atoms with E-state index in [1.165, 1.54) is 17.5 Å². The summed E-state index contributed by atoms with van der Waals surface area (Å²) in [6.07, 6.45) is 2.25. The van der Waals surface area contributed by atoms with Crippen LogP contribution in [0.25, 0.3) is 0 Å². The zero-order valence-electron chi connectivity index (χ0n) is 9.55. The molecule has 1 heterocycles. The maximum absolute atomic E-state index is 5.51. The molecular weight excluding hydrogens is 186 g/mol. The molecule has 0 aromatic heterocycles. The maximum atomic E-state index is 5.51. The number of benzene rings is 1. The van der Waals surface area contributed by atoms with E-state index < -0.39 is 0 Å². The first-order valence-corrected chi connectivity index (χ1v) is 5.75. The summed E-state index contributed by atoms with van der Waals surface area (Å²) in [5.74, 6) is 1.71. The van der Waals surface area contributed by atoms with E-state index in [1.54, 1.807) is 0 Å². The van der Waals surface area contributed by atoms with Gasteiger partial charge in [-0.1, -0.05) is 19.1 Å². The molecule has 1 aromatic carbocycles. The van der Waals surface area contributed by atoms with Crippen molar-refractivity contribution < 1.29 is 4.74 Å². The van der Waals surface area contributed by atoms with E-state index >= 15 is 0 Å². The Morgan fingerprint density at radius 3 is 3.07 bits per heavy atom. The molecule has 0 saturated heterocycles. The SMILES string of the molecule is CCC(CNC)c1ccc2c(c1)CCO2. The van der Waals surface area contributed by atoms with Gasteiger partial charge < -0.3 is 10.1 Å². The first kappa shape index (κ1) is 10.5. The smallest absolute Gasteiger partial charge is 0.122 e. The monoisotopic (exact) mass is 205 g/mol. The van der Waals surface area contributed by atoms with Gasteiger partial charge in [0, 0.05) is 13.0 Å². The fourth-order valence-corrected chi connectivity index (χ4v) is 2.20. The molecule has 15 heavy (non-hydrogen) atoms. The lowest BCUT2D eigenvalue weighted by atomic mass is 9.94. The molecule has 1 aliphatic heterocycles. The predicted octanol–water partition coefficient (Wildman–Crippen LogP) is 2.33. The van der Waals surface area contributed by atoms with Crippen LogP contribution < -0.4 is 10.1 Å². The van der Waals surface area contributed by atoms with E-state index in [2.05, 4.69) is 30.4 Å². The molecule has 0 radical (unpaired) electrons. The van der Waals surface area contributed by atoms with Crippen molar-refractivity contribution in [2.45, 2.75) is 25.7 Å². The van der Waals surface area contributed by atoms with E-state index in [0.717, 1.165) is 25.3 Å². The Hall–Kier alpha value is -1.02. The van der Waals surface area contributed by atoms with Crippen molar-refractivity contribution in [3.63, 3.8) is 0 Å². The minimum atomic E-state index is 0.626. The normalized spacial score (nSPS) is 15.9. The molecule has 2 rings (SSSR count). The van der Waals surface area contributed by atoms with Crippen LogP contribution >= 0.6 is 0 Å². The van der Waals surface area contributed by atoms with Crippen LogP contribution in [0, 0.1) is 0 Å². The molecule has 0 aliphatic carbocycles. The van der Waals surface area contributed by atoms with Gasteiger partial charge >= 0.3 is 0 Å². The predicted molar refractivity (Wildman–Crippen MR) is 62.6 cm³/mol. The Morgan fingerprint density at radius 1 is 1.47 bits per heavy atom. The Balaban J connectivity index is 2.20. The topological polar surface area (TPSA) is 21.3 Å². The van der Waals surface area contributed by atoms with Crippen LogP contribution in [0.5, 0.6) is 5.75 Å². The molecule has 2 heteroatoms. The van der Waals surface area contributed by atoms with Gasteiger partial charge in [0.15, 0.2) is 0 Å². The zero-order chi connectivity index (χ0) is 10.7. The summed E-state index contributed by atoms with van der Waals surface area (Å²) in [6, 6.07) is 6.64. The quantitative estimate of drug-likeness (QED) is 0.814. The summed E-state index contributed by atoms with van der Waals surface area (Å²) in [6.45, 7) is 4.14. The average molecular weight is 205 g/mol. The molecule has 0 spiro atoms. The van der Waals surface area contributed by atoms with E-state index in [1.807, 2.05) is 7.05 Å². The van der Waals surface area contributed by atoms with Crippen molar-refractivity contribution in [2.24, 2.45) is 0 Å². The number of likely N-dealkylation sites (N-methyl/N-ethyl adjacent to an activating group) is 1. The van der Waals surface area contributed by atoms with Crippen LogP contribution in [0.3, 0.4) is 0 Å². The van der Waals surface area contributed by atoms with Crippen LogP contribution in [0.2, 0.25) is 0 Å². The molecule has 82 valence electrons. The third-order valence-corrected chi connectivity index (χ3v) is 3.13. The highest BCUT2D eigenvalue weighted by atomic mass is 16.5. The molecule has 0 saturated carbocycles. The number of rotatable bonds is 4. The van der Waals surface area contributed by atoms with Gasteiger partial charge in [0.05, 0.1) is 6.61 Å².